The van der Waals surface area contributed by atoms with Gasteiger partial charge in [0.1, 0.15) is 5.39 Å². The summed E-state index contributed by atoms with van der Waals surface area (Å²) in [5.74, 6) is 0.426. The number of aromatic nitrogens is 4. The van der Waals surface area contributed by atoms with Crippen LogP contribution in [-0.2, 0) is 11.2 Å². The van der Waals surface area contributed by atoms with Crippen LogP contribution in [0.1, 0.15) is 30.5 Å². The molecule has 1 amide bonds. The van der Waals surface area contributed by atoms with Gasteiger partial charge in [0.15, 0.2) is 5.65 Å². The minimum absolute atomic E-state index is 0.0477. The molecule has 1 aliphatic rings. The minimum Gasteiger partial charge on any atom is -0.349 e. The number of benzene rings is 2. The second-order valence-corrected chi connectivity index (χ2v) is 7.37. The molecule has 0 aliphatic carbocycles. The second-order valence-electron chi connectivity index (χ2n) is 7.37. The van der Waals surface area contributed by atoms with E-state index in [0.717, 1.165) is 28.9 Å². The molecule has 3 N–H and O–H groups in total. The summed E-state index contributed by atoms with van der Waals surface area (Å²) < 4.78 is 1.65. The highest BCUT2D eigenvalue weighted by molar-refractivity contribution is 5.93. The summed E-state index contributed by atoms with van der Waals surface area (Å²) in [4.78, 5) is 31.5. The first-order valence-corrected chi connectivity index (χ1v) is 9.81. The molecule has 3 heterocycles. The Labute approximate surface area is 172 Å². The first-order valence-electron chi connectivity index (χ1n) is 9.81. The zero-order valence-corrected chi connectivity index (χ0v) is 16.3. The van der Waals surface area contributed by atoms with Crippen LogP contribution in [-0.4, -0.2) is 25.7 Å². The van der Waals surface area contributed by atoms with E-state index in [1.807, 2.05) is 49.4 Å². The summed E-state index contributed by atoms with van der Waals surface area (Å²) in [6.45, 7) is 2.00. The van der Waals surface area contributed by atoms with Crippen molar-refractivity contribution in [3.8, 4) is 5.69 Å². The summed E-state index contributed by atoms with van der Waals surface area (Å²) in [7, 11) is 0. The van der Waals surface area contributed by atoms with Crippen molar-refractivity contribution in [1.29, 1.82) is 0 Å². The molecule has 0 radical (unpaired) electrons. The van der Waals surface area contributed by atoms with Gasteiger partial charge in [0.25, 0.3) is 5.56 Å². The van der Waals surface area contributed by atoms with Gasteiger partial charge in [-0.1, -0.05) is 30.3 Å². The maximum absolute atomic E-state index is 12.6. The Hall–Kier alpha value is -3.94. The topological polar surface area (TPSA) is 105 Å². The molecule has 1 atom stereocenters. The number of rotatable bonds is 4. The molecule has 30 heavy (non-hydrogen) atoms. The van der Waals surface area contributed by atoms with E-state index < -0.39 is 0 Å². The SMILES string of the molecule is CC(Nc1nc2c(cnn2-c2ccccc2)c(=O)[nH]1)c1ccc2c(c1)CCC(=O)N2. The maximum atomic E-state index is 12.6. The summed E-state index contributed by atoms with van der Waals surface area (Å²) >= 11 is 0. The number of hydrogen-bond donors (Lipinski definition) is 3. The quantitative estimate of drug-likeness (QED) is 0.488. The predicted octanol–water partition coefficient (Wildman–Crippen LogP) is 3.17. The van der Waals surface area contributed by atoms with Gasteiger partial charge in [-0.3, -0.25) is 14.6 Å². The molecule has 0 saturated carbocycles. The molecule has 1 unspecified atom stereocenters. The number of carbonyl (C=O) groups is 1. The van der Waals surface area contributed by atoms with E-state index in [2.05, 4.69) is 31.8 Å². The van der Waals surface area contributed by atoms with Crippen molar-refractivity contribution >= 4 is 28.6 Å². The standard InChI is InChI=1S/C22H20N6O2/c1-13(14-7-9-18-15(11-14)8-10-19(29)25-18)24-22-26-20-17(21(30)27-22)12-23-28(20)16-5-3-2-4-6-16/h2-7,9,11-13H,8,10H2,1H3,(H,25,29)(H2,24,26,27,30). The Kier molecular flexibility index (Phi) is 4.31. The van der Waals surface area contributed by atoms with Crippen molar-refractivity contribution < 1.29 is 4.79 Å². The van der Waals surface area contributed by atoms with Gasteiger partial charge in [0, 0.05) is 12.1 Å². The van der Waals surface area contributed by atoms with Crippen molar-refractivity contribution in [2.75, 3.05) is 10.6 Å². The summed E-state index contributed by atoms with van der Waals surface area (Å²) in [6.07, 6.45) is 2.74. The molecular formula is C22H20N6O2. The molecule has 4 aromatic rings. The van der Waals surface area contributed by atoms with Crippen LogP contribution in [0.15, 0.2) is 59.5 Å². The van der Waals surface area contributed by atoms with Crippen molar-refractivity contribution in [3.63, 3.8) is 0 Å². The fourth-order valence-electron chi connectivity index (χ4n) is 3.71. The van der Waals surface area contributed by atoms with Crippen molar-refractivity contribution in [1.82, 2.24) is 19.7 Å². The molecule has 8 nitrogen and oxygen atoms in total. The first kappa shape index (κ1) is 18.1. The van der Waals surface area contributed by atoms with Crippen LogP contribution in [0.25, 0.3) is 16.7 Å². The van der Waals surface area contributed by atoms with E-state index in [1.54, 1.807) is 4.68 Å². The number of para-hydroxylation sites is 1. The van der Waals surface area contributed by atoms with Gasteiger partial charge in [-0.2, -0.15) is 10.1 Å². The Morgan fingerprint density at radius 3 is 2.77 bits per heavy atom. The second kappa shape index (κ2) is 7.14. The highest BCUT2D eigenvalue weighted by atomic mass is 16.1. The largest absolute Gasteiger partial charge is 0.349 e. The molecule has 0 bridgehead atoms. The monoisotopic (exact) mass is 400 g/mol. The van der Waals surface area contributed by atoms with E-state index in [4.69, 9.17) is 0 Å². The van der Waals surface area contributed by atoms with E-state index in [0.29, 0.717) is 23.4 Å². The normalized spacial score (nSPS) is 14.2. The van der Waals surface area contributed by atoms with Gasteiger partial charge >= 0.3 is 0 Å². The van der Waals surface area contributed by atoms with Crippen LogP contribution in [0, 0.1) is 0 Å². The number of H-pyrrole nitrogens is 1. The average molecular weight is 400 g/mol. The van der Waals surface area contributed by atoms with E-state index in [1.165, 1.54) is 6.20 Å². The lowest BCUT2D eigenvalue weighted by Gasteiger charge is -2.20. The van der Waals surface area contributed by atoms with Crippen LogP contribution in [0.2, 0.25) is 0 Å². The molecule has 0 fully saturated rings. The zero-order valence-electron chi connectivity index (χ0n) is 16.3. The van der Waals surface area contributed by atoms with Crippen LogP contribution in [0.5, 0.6) is 0 Å². The number of aromatic amines is 1. The molecule has 2 aromatic carbocycles. The third-order valence-corrected chi connectivity index (χ3v) is 5.32. The van der Waals surface area contributed by atoms with Crippen LogP contribution < -0.4 is 16.2 Å². The Morgan fingerprint density at radius 2 is 1.93 bits per heavy atom. The number of hydrogen-bond acceptors (Lipinski definition) is 5. The molecule has 5 rings (SSSR count). The number of nitrogens with zero attached hydrogens (tertiary/aromatic N) is 3. The van der Waals surface area contributed by atoms with Gasteiger partial charge in [0.05, 0.1) is 17.9 Å². The van der Waals surface area contributed by atoms with Crippen LogP contribution >= 0.6 is 0 Å². The maximum Gasteiger partial charge on any atom is 0.263 e. The number of aryl methyl sites for hydroxylation is 1. The highest BCUT2D eigenvalue weighted by Crippen LogP contribution is 2.27. The zero-order chi connectivity index (χ0) is 20.7. The smallest absolute Gasteiger partial charge is 0.263 e. The molecule has 1 aliphatic heterocycles. The van der Waals surface area contributed by atoms with Gasteiger partial charge in [0.2, 0.25) is 11.9 Å². The third-order valence-electron chi connectivity index (χ3n) is 5.32. The van der Waals surface area contributed by atoms with Gasteiger partial charge < -0.3 is 10.6 Å². The number of anilines is 2. The predicted molar refractivity (Wildman–Crippen MR) is 115 cm³/mol. The molecule has 2 aromatic heterocycles. The van der Waals surface area contributed by atoms with Crippen molar-refractivity contribution in [3.05, 3.63) is 76.2 Å². The van der Waals surface area contributed by atoms with Crippen LogP contribution in [0.3, 0.4) is 0 Å². The van der Waals surface area contributed by atoms with Gasteiger partial charge in [-0.15, -0.1) is 0 Å². The van der Waals surface area contributed by atoms with E-state index in [-0.39, 0.29) is 17.5 Å². The van der Waals surface area contributed by atoms with Crippen molar-refractivity contribution in [2.45, 2.75) is 25.8 Å². The van der Waals surface area contributed by atoms with E-state index >= 15 is 0 Å². The summed E-state index contributed by atoms with van der Waals surface area (Å²) in [6, 6.07) is 15.4. The van der Waals surface area contributed by atoms with Gasteiger partial charge in [-0.25, -0.2) is 4.68 Å². The Balaban J connectivity index is 1.47. The third kappa shape index (κ3) is 3.22. The van der Waals surface area contributed by atoms with Crippen molar-refractivity contribution in [2.24, 2.45) is 0 Å². The summed E-state index contributed by atoms with van der Waals surface area (Å²) in [5, 5.41) is 10.9. The number of carbonyl (C=O) groups excluding carboxylic acids is 1. The van der Waals surface area contributed by atoms with Crippen LogP contribution in [0.4, 0.5) is 11.6 Å². The lowest BCUT2D eigenvalue weighted by molar-refractivity contribution is -0.116. The Bertz CT molecular complexity index is 1310. The fraction of sp³-hybridized carbons (Fsp3) is 0.182. The molecular weight excluding hydrogens is 380 g/mol. The van der Waals surface area contributed by atoms with E-state index in [9.17, 15) is 9.59 Å². The number of fused-ring (bicyclic) bond motifs is 2. The highest BCUT2D eigenvalue weighted by Gasteiger charge is 2.17. The number of nitrogens with one attached hydrogen (secondary N) is 3. The molecule has 0 saturated heterocycles. The number of amides is 1. The Morgan fingerprint density at radius 1 is 1.10 bits per heavy atom. The fourth-order valence-corrected chi connectivity index (χ4v) is 3.71. The average Bonchev–Trinajstić information content (AvgIpc) is 3.18. The minimum atomic E-state index is -0.245. The first-order chi connectivity index (χ1) is 14.6. The summed E-state index contributed by atoms with van der Waals surface area (Å²) in [5.41, 5.74) is 4.10. The molecule has 0 spiro atoms. The molecule has 150 valence electrons. The van der Waals surface area contributed by atoms with Gasteiger partial charge in [-0.05, 0) is 42.7 Å². The lowest BCUT2D eigenvalue weighted by atomic mass is 9.98. The molecule has 8 heteroatoms. The lowest BCUT2D eigenvalue weighted by Crippen LogP contribution is -2.20.